The Morgan fingerprint density at radius 1 is 1.10 bits per heavy atom. The minimum atomic E-state index is -0.491. The molecule has 2 amide bonds. The van der Waals surface area contributed by atoms with Crippen LogP contribution in [-0.4, -0.2) is 25.0 Å². The van der Waals surface area contributed by atoms with E-state index in [2.05, 4.69) is 10.6 Å². The molecule has 6 nitrogen and oxygen atoms in total. The van der Waals surface area contributed by atoms with Gasteiger partial charge in [0.25, 0.3) is 11.8 Å². The zero-order valence-corrected chi connectivity index (χ0v) is 16.4. The van der Waals surface area contributed by atoms with E-state index in [1.807, 2.05) is 13.0 Å². The van der Waals surface area contributed by atoms with E-state index in [9.17, 15) is 14.0 Å². The normalized spacial score (nSPS) is 11.1. The molecule has 0 fully saturated rings. The molecule has 30 heavy (non-hydrogen) atoms. The van der Waals surface area contributed by atoms with Crippen molar-refractivity contribution in [2.75, 3.05) is 13.2 Å². The van der Waals surface area contributed by atoms with Crippen LogP contribution in [0.2, 0.25) is 0 Å². The summed E-state index contributed by atoms with van der Waals surface area (Å²) in [5.74, 6) is -0.339. The molecule has 0 unspecified atom stereocenters. The maximum absolute atomic E-state index is 12.9. The second kappa shape index (κ2) is 10.1. The molecule has 2 N–H and O–H groups in total. The lowest BCUT2D eigenvalue weighted by molar-refractivity contribution is -0.117. The van der Waals surface area contributed by atoms with E-state index in [1.54, 1.807) is 30.3 Å². The third-order valence-electron chi connectivity index (χ3n) is 4.07. The maximum Gasteiger partial charge on any atom is 0.268 e. The first-order chi connectivity index (χ1) is 14.5. The van der Waals surface area contributed by atoms with Crippen LogP contribution in [0.3, 0.4) is 0 Å². The fraction of sp³-hybridized carbons (Fsp3) is 0.130. The van der Waals surface area contributed by atoms with Gasteiger partial charge in [-0.25, -0.2) is 4.39 Å². The van der Waals surface area contributed by atoms with Crippen molar-refractivity contribution in [3.63, 3.8) is 0 Å². The van der Waals surface area contributed by atoms with Gasteiger partial charge in [0, 0.05) is 11.6 Å². The van der Waals surface area contributed by atoms with Crippen LogP contribution in [0.5, 0.6) is 5.75 Å². The van der Waals surface area contributed by atoms with Gasteiger partial charge in [-0.15, -0.1) is 0 Å². The number of nitrogens with one attached hydrogen (secondary N) is 2. The number of ether oxygens (including phenoxy) is 1. The van der Waals surface area contributed by atoms with Crippen LogP contribution in [0.1, 0.15) is 21.7 Å². The maximum atomic E-state index is 12.9. The molecule has 0 saturated heterocycles. The predicted octanol–water partition coefficient (Wildman–Crippen LogP) is 3.69. The summed E-state index contributed by atoms with van der Waals surface area (Å²) in [5, 5.41) is 5.31. The van der Waals surface area contributed by atoms with Crippen molar-refractivity contribution >= 4 is 17.9 Å². The lowest BCUT2D eigenvalue weighted by Gasteiger charge is -2.12. The molecule has 3 aromatic rings. The Balaban J connectivity index is 1.62. The molecule has 154 valence electrons. The predicted molar refractivity (Wildman–Crippen MR) is 110 cm³/mol. The standard InChI is InChI=1S/C23H21FN2O4/c1-16-4-2-5-17(14-16)22(27)26-21(15-20-6-3-12-29-20)23(28)25-11-13-30-19-9-7-18(24)8-10-19/h2-10,12,14-15H,11,13H2,1H3,(H,25,28)(H,26,27)/b21-15-. The van der Waals surface area contributed by atoms with Crippen molar-refractivity contribution in [1.29, 1.82) is 0 Å². The monoisotopic (exact) mass is 408 g/mol. The van der Waals surface area contributed by atoms with Gasteiger partial charge in [-0.1, -0.05) is 17.7 Å². The fourth-order valence-corrected chi connectivity index (χ4v) is 2.61. The number of halogens is 1. The Kier molecular flexibility index (Phi) is 7.00. The Labute approximate surface area is 173 Å². The van der Waals surface area contributed by atoms with E-state index >= 15 is 0 Å². The average Bonchev–Trinajstić information content (AvgIpc) is 3.25. The number of hydrogen-bond acceptors (Lipinski definition) is 4. The smallest absolute Gasteiger partial charge is 0.268 e. The summed E-state index contributed by atoms with van der Waals surface area (Å²) in [6, 6.07) is 16.0. The number of carbonyl (C=O) groups excluding carboxylic acids is 2. The van der Waals surface area contributed by atoms with E-state index in [4.69, 9.17) is 9.15 Å². The lowest BCUT2D eigenvalue weighted by Crippen LogP contribution is -2.36. The van der Waals surface area contributed by atoms with Gasteiger partial charge in [-0.3, -0.25) is 9.59 Å². The number of furan rings is 1. The van der Waals surface area contributed by atoms with Gasteiger partial charge in [-0.2, -0.15) is 0 Å². The zero-order chi connectivity index (χ0) is 21.3. The van der Waals surface area contributed by atoms with Crippen LogP contribution in [-0.2, 0) is 4.79 Å². The average molecular weight is 408 g/mol. The van der Waals surface area contributed by atoms with Crippen LogP contribution < -0.4 is 15.4 Å². The second-order valence-electron chi connectivity index (χ2n) is 6.46. The molecule has 0 bridgehead atoms. The molecule has 1 aromatic heterocycles. The van der Waals surface area contributed by atoms with Crippen LogP contribution in [0.4, 0.5) is 4.39 Å². The summed E-state index contributed by atoms with van der Waals surface area (Å²) in [6.45, 7) is 2.24. The lowest BCUT2D eigenvalue weighted by atomic mass is 10.1. The molecular weight excluding hydrogens is 387 g/mol. The van der Waals surface area contributed by atoms with Gasteiger partial charge in [0.1, 0.15) is 29.6 Å². The van der Waals surface area contributed by atoms with E-state index in [0.29, 0.717) is 17.1 Å². The van der Waals surface area contributed by atoms with E-state index in [1.165, 1.54) is 36.6 Å². The summed E-state index contributed by atoms with van der Waals surface area (Å²) in [7, 11) is 0. The van der Waals surface area contributed by atoms with Gasteiger partial charge >= 0.3 is 0 Å². The number of rotatable bonds is 8. The minimum absolute atomic E-state index is 0.0400. The largest absolute Gasteiger partial charge is 0.492 e. The number of benzene rings is 2. The SMILES string of the molecule is Cc1cccc(C(=O)N/C(=C\c2ccco2)C(=O)NCCOc2ccc(F)cc2)c1. The van der Waals surface area contributed by atoms with Gasteiger partial charge in [0.2, 0.25) is 0 Å². The molecule has 2 aromatic carbocycles. The van der Waals surface area contributed by atoms with Gasteiger partial charge in [0.15, 0.2) is 0 Å². The molecule has 0 saturated carbocycles. The highest BCUT2D eigenvalue weighted by atomic mass is 19.1. The van der Waals surface area contributed by atoms with Crippen molar-refractivity contribution in [1.82, 2.24) is 10.6 Å². The van der Waals surface area contributed by atoms with Crippen molar-refractivity contribution in [3.8, 4) is 5.75 Å². The van der Waals surface area contributed by atoms with Crippen molar-refractivity contribution in [2.45, 2.75) is 6.92 Å². The van der Waals surface area contributed by atoms with Crippen LogP contribution >= 0.6 is 0 Å². The summed E-state index contributed by atoms with van der Waals surface area (Å²) in [4.78, 5) is 25.2. The molecule has 0 aliphatic heterocycles. The molecule has 7 heteroatoms. The van der Waals surface area contributed by atoms with Crippen LogP contribution in [0.15, 0.2) is 77.0 Å². The number of amides is 2. The highest BCUT2D eigenvalue weighted by molar-refractivity contribution is 6.05. The first-order valence-corrected chi connectivity index (χ1v) is 9.31. The van der Waals surface area contributed by atoms with Gasteiger partial charge in [0.05, 0.1) is 12.8 Å². The first kappa shape index (κ1) is 20.9. The molecule has 0 atom stereocenters. The van der Waals surface area contributed by atoms with Crippen LogP contribution in [0.25, 0.3) is 6.08 Å². The topological polar surface area (TPSA) is 80.6 Å². The molecule has 0 spiro atoms. The molecule has 0 aliphatic carbocycles. The highest BCUT2D eigenvalue weighted by Gasteiger charge is 2.15. The van der Waals surface area contributed by atoms with Gasteiger partial charge < -0.3 is 19.8 Å². The third kappa shape index (κ3) is 6.07. The van der Waals surface area contributed by atoms with E-state index < -0.39 is 11.8 Å². The summed E-state index contributed by atoms with van der Waals surface area (Å²) >= 11 is 0. The second-order valence-corrected chi connectivity index (χ2v) is 6.46. The third-order valence-corrected chi connectivity index (χ3v) is 4.07. The first-order valence-electron chi connectivity index (χ1n) is 9.31. The van der Waals surface area contributed by atoms with Crippen LogP contribution in [0, 0.1) is 12.7 Å². The summed E-state index contributed by atoms with van der Waals surface area (Å²) < 4.78 is 23.6. The minimum Gasteiger partial charge on any atom is -0.492 e. The Morgan fingerprint density at radius 2 is 1.90 bits per heavy atom. The fourth-order valence-electron chi connectivity index (χ4n) is 2.61. The van der Waals surface area contributed by atoms with E-state index in [-0.39, 0.29) is 24.7 Å². The summed E-state index contributed by atoms with van der Waals surface area (Å²) in [5.41, 5.74) is 1.41. The quantitative estimate of drug-likeness (QED) is 0.440. The van der Waals surface area contributed by atoms with Crippen molar-refractivity contribution in [3.05, 3.63) is 95.3 Å². The van der Waals surface area contributed by atoms with Gasteiger partial charge in [-0.05, 0) is 55.5 Å². The molecule has 3 rings (SSSR count). The van der Waals surface area contributed by atoms with Crippen molar-refractivity contribution < 1.29 is 23.1 Å². The molecule has 1 heterocycles. The Morgan fingerprint density at radius 3 is 2.60 bits per heavy atom. The number of aryl methyl sites for hydroxylation is 1. The van der Waals surface area contributed by atoms with Crippen molar-refractivity contribution in [2.24, 2.45) is 0 Å². The Hall–Kier alpha value is -3.87. The molecular formula is C23H21FN2O4. The number of carbonyl (C=O) groups is 2. The molecule has 0 aliphatic rings. The number of hydrogen-bond donors (Lipinski definition) is 2. The summed E-state index contributed by atoms with van der Waals surface area (Å²) in [6.07, 6.45) is 2.92. The molecule has 0 radical (unpaired) electrons. The Bertz CT molecular complexity index is 1030. The highest BCUT2D eigenvalue weighted by Crippen LogP contribution is 2.11. The zero-order valence-electron chi connectivity index (χ0n) is 16.4. The van der Waals surface area contributed by atoms with E-state index in [0.717, 1.165) is 5.56 Å².